The maximum Gasteiger partial charge on any atom is 0.256 e. The summed E-state index contributed by atoms with van der Waals surface area (Å²) in [5.74, 6) is -0.206. The Morgan fingerprint density at radius 2 is 1.87 bits per heavy atom. The summed E-state index contributed by atoms with van der Waals surface area (Å²) in [6.45, 7) is 0.586. The molecule has 2 aromatic heterocycles. The molecule has 1 aliphatic heterocycles. The molecule has 1 atom stereocenters. The van der Waals surface area contributed by atoms with E-state index in [9.17, 15) is 13.2 Å². The van der Waals surface area contributed by atoms with Gasteiger partial charge in [0.25, 0.3) is 5.91 Å². The fourth-order valence-electron chi connectivity index (χ4n) is 4.08. The van der Waals surface area contributed by atoms with Crippen LogP contribution in [0.5, 0.6) is 0 Å². The average Bonchev–Trinajstić information content (AvgIpc) is 3.15. The first kappa shape index (κ1) is 21.0. The second kappa shape index (κ2) is 8.50. The molecular formula is C22H25N5O3S. The van der Waals surface area contributed by atoms with Crippen LogP contribution in [0.3, 0.4) is 0 Å². The number of carbonyl (C=O) groups is 1. The minimum atomic E-state index is -3.51. The predicted octanol–water partition coefficient (Wildman–Crippen LogP) is 3.22. The molecule has 3 aromatic rings. The molecule has 3 heterocycles. The Morgan fingerprint density at radius 3 is 2.61 bits per heavy atom. The van der Waals surface area contributed by atoms with Gasteiger partial charge in [0.05, 0.1) is 29.2 Å². The molecule has 0 aliphatic carbocycles. The standard InChI is InChI=1S/C22H25N5O3S/c1-26-15-18(16-10-12-23-13-11-16)21(24-26)20-9-5-6-14-27(20)22(28)17-7-3-4-8-19(17)25-31(2,29)30/h3-4,7-8,10-13,15,20,25H,5-6,9,14H2,1-2H3/t20-/m0/s1. The molecule has 0 radical (unpaired) electrons. The van der Waals surface area contributed by atoms with E-state index < -0.39 is 10.0 Å². The zero-order valence-corrected chi connectivity index (χ0v) is 18.3. The number of para-hydroxylation sites is 1. The molecule has 1 saturated heterocycles. The molecule has 1 N–H and O–H groups in total. The van der Waals surface area contributed by atoms with Crippen LogP contribution in [0, 0.1) is 0 Å². The van der Waals surface area contributed by atoms with Gasteiger partial charge in [0.15, 0.2) is 0 Å². The molecule has 0 bridgehead atoms. The van der Waals surface area contributed by atoms with Gasteiger partial charge in [-0.3, -0.25) is 19.2 Å². The summed E-state index contributed by atoms with van der Waals surface area (Å²) in [7, 11) is -1.64. The van der Waals surface area contributed by atoms with E-state index in [4.69, 9.17) is 5.10 Å². The van der Waals surface area contributed by atoms with E-state index in [0.29, 0.717) is 12.1 Å². The summed E-state index contributed by atoms with van der Waals surface area (Å²) in [6.07, 6.45) is 9.19. The lowest BCUT2D eigenvalue weighted by molar-refractivity contribution is 0.0607. The van der Waals surface area contributed by atoms with Gasteiger partial charge in [-0.25, -0.2) is 8.42 Å². The van der Waals surface area contributed by atoms with E-state index in [0.717, 1.165) is 42.3 Å². The molecule has 162 valence electrons. The number of likely N-dealkylation sites (tertiary alicyclic amines) is 1. The molecule has 0 spiro atoms. The van der Waals surface area contributed by atoms with Crippen LogP contribution in [-0.4, -0.2) is 46.8 Å². The number of amides is 1. The summed E-state index contributed by atoms with van der Waals surface area (Å²) >= 11 is 0. The first-order valence-corrected chi connectivity index (χ1v) is 12.0. The van der Waals surface area contributed by atoms with Gasteiger partial charge in [0.1, 0.15) is 0 Å². The van der Waals surface area contributed by atoms with Crippen LogP contribution >= 0.6 is 0 Å². The Hall–Kier alpha value is -3.20. The summed E-state index contributed by atoms with van der Waals surface area (Å²) in [5.41, 5.74) is 3.43. The molecule has 1 fully saturated rings. The van der Waals surface area contributed by atoms with Crippen LogP contribution in [0.2, 0.25) is 0 Å². The number of piperidine rings is 1. The normalized spacial score (nSPS) is 16.8. The third-order valence-corrected chi connectivity index (χ3v) is 5.97. The van der Waals surface area contributed by atoms with Crippen molar-refractivity contribution in [3.05, 3.63) is 66.2 Å². The van der Waals surface area contributed by atoms with Gasteiger partial charge < -0.3 is 4.90 Å². The molecule has 1 aliphatic rings. The van der Waals surface area contributed by atoms with E-state index >= 15 is 0 Å². The molecule has 1 amide bonds. The highest BCUT2D eigenvalue weighted by Gasteiger charge is 2.33. The number of sulfonamides is 1. The lowest BCUT2D eigenvalue weighted by Crippen LogP contribution is -2.39. The van der Waals surface area contributed by atoms with E-state index in [1.807, 2.05) is 30.3 Å². The smallest absolute Gasteiger partial charge is 0.256 e. The zero-order chi connectivity index (χ0) is 22.0. The number of nitrogens with one attached hydrogen (secondary N) is 1. The van der Waals surface area contributed by atoms with Crippen molar-refractivity contribution >= 4 is 21.6 Å². The lowest BCUT2D eigenvalue weighted by atomic mass is 9.94. The monoisotopic (exact) mass is 439 g/mol. The van der Waals surface area contributed by atoms with Crippen LogP contribution in [0.15, 0.2) is 55.0 Å². The maximum absolute atomic E-state index is 13.6. The van der Waals surface area contributed by atoms with Crippen LogP contribution in [-0.2, 0) is 17.1 Å². The number of pyridine rings is 1. The number of nitrogens with zero attached hydrogens (tertiary/aromatic N) is 4. The van der Waals surface area contributed by atoms with Gasteiger partial charge in [-0.05, 0) is 49.1 Å². The van der Waals surface area contributed by atoms with Gasteiger partial charge in [-0.2, -0.15) is 5.10 Å². The maximum atomic E-state index is 13.6. The number of anilines is 1. The van der Waals surface area contributed by atoms with Gasteiger partial charge in [-0.15, -0.1) is 0 Å². The fraction of sp³-hybridized carbons (Fsp3) is 0.318. The first-order chi connectivity index (χ1) is 14.8. The molecule has 4 rings (SSSR count). The van der Waals surface area contributed by atoms with Gasteiger partial charge in [-0.1, -0.05) is 12.1 Å². The largest absolute Gasteiger partial charge is 0.330 e. The Bertz CT molecular complexity index is 1190. The molecule has 0 saturated carbocycles. The Labute approximate surface area is 182 Å². The molecular weight excluding hydrogens is 414 g/mol. The third-order valence-electron chi connectivity index (χ3n) is 5.38. The van der Waals surface area contributed by atoms with Crippen LogP contribution in [0.1, 0.15) is 41.4 Å². The van der Waals surface area contributed by atoms with Crippen molar-refractivity contribution in [3.8, 4) is 11.1 Å². The number of rotatable bonds is 5. The van der Waals surface area contributed by atoms with E-state index in [2.05, 4.69) is 9.71 Å². The zero-order valence-electron chi connectivity index (χ0n) is 17.5. The predicted molar refractivity (Wildman–Crippen MR) is 119 cm³/mol. The van der Waals surface area contributed by atoms with E-state index in [-0.39, 0.29) is 17.6 Å². The van der Waals surface area contributed by atoms with Crippen molar-refractivity contribution in [2.24, 2.45) is 7.05 Å². The van der Waals surface area contributed by atoms with Gasteiger partial charge in [0.2, 0.25) is 10.0 Å². The highest BCUT2D eigenvalue weighted by Crippen LogP contribution is 2.37. The van der Waals surface area contributed by atoms with Gasteiger partial charge >= 0.3 is 0 Å². The number of aromatic nitrogens is 3. The molecule has 9 heteroatoms. The van der Waals surface area contributed by atoms with Crippen molar-refractivity contribution in [1.82, 2.24) is 19.7 Å². The summed E-state index contributed by atoms with van der Waals surface area (Å²) in [4.78, 5) is 19.5. The highest BCUT2D eigenvalue weighted by molar-refractivity contribution is 7.92. The number of benzene rings is 1. The molecule has 1 aromatic carbocycles. The molecule has 8 nitrogen and oxygen atoms in total. The van der Waals surface area contributed by atoms with Crippen LogP contribution < -0.4 is 4.72 Å². The van der Waals surface area contributed by atoms with Crippen molar-refractivity contribution in [2.45, 2.75) is 25.3 Å². The number of carbonyl (C=O) groups excluding carboxylic acids is 1. The SMILES string of the molecule is Cn1cc(-c2ccncc2)c([C@@H]2CCCCN2C(=O)c2ccccc2NS(C)(=O)=O)n1. The Kier molecular flexibility index (Phi) is 5.77. The summed E-state index contributed by atoms with van der Waals surface area (Å²) in [6, 6.07) is 10.4. The van der Waals surface area contributed by atoms with E-state index in [1.165, 1.54) is 0 Å². The van der Waals surface area contributed by atoms with Crippen LogP contribution in [0.4, 0.5) is 5.69 Å². The number of hydrogen-bond donors (Lipinski definition) is 1. The van der Waals surface area contributed by atoms with Crippen molar-refractivity contribution in [3.63, 3.8) is 0 Å². The second-order valence-electron chi connectivity index (χ2n) is 7.77. The Morgan fingerprint density at radius 1 is 1.13 bits per heavy atom. The highest BCUT2D eigenvalue weighted by atomic mass is 32.2. The molecule has 0 unspecified atom stereocenters. The topological polar surface area (TPSA) is 97.2 Å². The lowest BCUT2D eigenvalue weighted by Gasteiger charge is -2.35. The summed E-state index contributed by atoms with van der Waals surface area (Å²) in [5, 5.41) is 4.71. The van der Waals surface area contributed by atoms with Crippen molar-refractivity contribution < 1.29 is 13.2 Å². The van der Waals surface area contributed by atoms with Crippen LogP contribution in [0.25, 0.3) is 11.1 Å². The Balaban J connectivity index is 1.73. The third kappa shape index (κ3) is 4.61. The quantitative estimate of drug-likeness (QED) is 0.658. The molecule has 31 heavy (non-hydrogen) atoms. The number of hydrogen-bond acceptors (Lipinski definition) is 5. The number of aryl methyl sites for hydroxylation is 1. The van der Waals surface area contributed by atoms with Gasteiger partial charge in [0, 0.05) is 37.7 Å². The fourth-order valence-corrected chi connectivity index (χ4v) is 4.66. The minimum Gasteiger partial charge on any atom is -0.330 e. The van der Waals surface area contributed by atoms with E-state index in [1.54, 1.807) is 41.3 Å². The van der Waals surface area contributed by atoms with Crippen molar-refractivity contribution in [2.75, 3.05) is 17.5 Å². The van der Waals surface area contributed by atoms with Crippen molar-refractivity contribution in [1.29, 1.82) is 0 Å². The average molecular weight is 440 g/mol. The summed E-state index contributed by atoms with van der Waals surface area (Å²) < 4.78 is 27.8. The first-order valence-electron chi connectivity index (χ1n) is 10.2. The second-order valence-corrected chi connectivity index (χ2v) is 9.52. The minimum absolute atomic E-state index is 0.197.